The summed E-state index contributed by atoms with van der Waals surface area (Å²) in [5, 5.41) is 0. The maximum Gasteiger partial charge on any atom is 0.272 e. The van der Waals surface area contributed by atoms with E-state index in [4.69, 9.17) is 0 Å². The second kappa shape index (κ2) is 8.02. The van der Waals surface area contributed by atoms with Crippen molar-refractivity contribution in [2.45, 2.75) is 19.0 Å². The number of halogens is 1. The van der Waals surface area contributed by atoms with Crippen LogP contribution in [-0.2, 0) is 11.3 Å². The van der Waals surface area contributed by atoms with Crippen LogP contribution in [0.5, 0.6) is 0 Å². The van der Waals surface area contributed by atoms with E-state index in [1.807, 2.05) is 4.90 Å². The Labute approximate surface area is 162 Å². The average Bonchev–Trinajstić information content (AvgIpc) is 2.95. The Bertz CT molecular complexity index is 845. The second-order valence-corrected chi connectivity index (χ2v) is 7.11. The molecule has 8 heteroatoms. The topological polar surface area (TPSA) is 69.6 Å². The predicted molar refractivity (Wildman–Crippen MR) is 99.7 cm³/mol. The van der Waals surface area contributed by atoms with Gasteiger partial charge < -0.3 is 9.80 Å². The molecule has 0 radical (unpaired) electrons. The normalized spacial score (nSPS) is 20.6. The zero-order valence-electron chi connectivity index (χ0n) is 15.5. The summed E-state index contributed by atoms with van der Waals surface area (Å²) < 4.78 is 13.1. The molecular weight excluding hydrogens is 361 g/mol. The molecule has 0 saturated carbocycles. The van der Waals surface area contributed by atoms with E-state index < -0.39 is 0 Å². The number of fused-ring (bicyclic) bond motifs is 1. The molecule has 4 rings (SSSR count). The summed E-state index contributed by atoms with van der Waals surface area (Å²) in [4.78, 5) is 39.3. The number of benzene rings is 1. The van der Waals surface area contributed by atoms with Crippen molar-refractivity contribution < 1.29 is 14.0 Å². The summed E-state index contributed by atoms with van der Waals surface area (Å²) >= 11 is 0. The van der Waals surface area contributed by atoms with Crippen LogP contribution >= 0.6 is 0 Å². The summed E-state index contributed by atoms with van der Waals surface area (Å²) in [6, 6.07) is 7.64. The lowest BCUT2D eigenvalue weighted by atomic mass is 10.1. The van der Waals surface area contributed by atoms with Gasteiger partial charge in [0.25, 0.3) is 5.91 Å². The van der Waals surface area contributed by atoms with Gasteiger partial charge in [-0.1, -0.05) is 12.1 Å². The zero-order chi connectivity index (χ0) is 19.5. The highest BCUT2D eigenvalue weighted by Gasteiger charge is 2.37. The van der Waals surface area contributed by atoms with E-state index in [9.17, 15) is 14.0 Å². The Morgan fingerprint density at radius 1 is 1.07 bits per heavy atom. The van der Waals surface area contributed by atoms with Crippen molar-refractivity contribution in [2.24, 2.45) is 0 Å². The Morgan fingerprint density at radius 3 is 2.61 bits per heavy atom. The van der Waals surface area contributed by atoms with Crippen molar-refractivity contribution >= 4 is 11.8 Å². The Morgan fingerprint density at radius 2 is 1.86 bits per heavy atom. The van der Waals surface area contributed by atoms with Crippen LogP contribution in [0.25, 0.3) is 0 Å². The number of carbonyl (C=O) groups excluding carboxylic acids is 2. The van der Waals surface area contributed by atoms with Crippen molar-refractivity contribution in [2.75, 3.05) is 32.7 Å². The van der Waals surface area contributed by atoms with E-state index in [0.717, 1.165) is 12.1 Å². The van der Waals surface area contributed by atoms with Gasteiger partial charge in [0, 0.05) is 45.5 Å². The predicted octanol–water partition coefficient (Wildman–Crippen LogP) is 1.17. The molecule has 0 aliphatic carbocycles. The van der Waals surface area contributed by atoms with Gasteiger partial charge in [-0.3, -0.25) is 14.5 Å². The minimum Gasteiger partial charge on any atom is -0.336 e. The average molecular weight is 383 g/mol. The number of aromatic nitrogens is 2. The number of piperazine rings is 1. The third-order valence-corrected chi connectivity index (χ3v) is 5.40. The smallest absolute Gasteiger partial charge is 0.272 e. The molecule has 2 aliphatic heterocycles. The maximum atomic E-state index is 13.1. The van der Waals surface area contributed by atoms with E-state index >= 15 is 0 Å². The lowest BCUT2D eigenvalue weighted by Gasteiger charge is -2.39. The van der Waals surface area contributed by atoms with Crippen molar-refractivity contribution in [3.05, 3.63) is 59.9 Å². The molecule has 0 bridgehead atoms. The summed E-state index contributed by atoms with van der Waals surface area (Å²) in [5.74, 6) is -0.332. The van der Waals surface area contributed by atoms with Gasteiger partial charge in [-0.2, -0.15) is 0 Å². The highest BCUT2D eigenvalue weighted by Crippen LogP contribution is 2.20. The monoisotopic (exact) mass is 383 g/mol. The van der Waals surface area contributed by atoms with Crippen LogP contribution in [0, 0.1) is 5.82 Å². The van der Waals surface area contributed by atoms with Gasteiger partial charge >= 0.3 is 0 Å². The number of nitrogens with zero attached hydrogens (tertiary/aromatic N) is 5. The Kier molecular flexibility index (Phi) is 5.29. The molecule has 0 N–H and O–H groups in total. The van der Waals surface area contributed by atoms with Gasteiger partial charge in [-0.15, -0.1) is 0 Å². The third-order valence-electron chi connectivity index (χ3n) is 5.40. The highest BCUT2D eigenvalue weighted by molar-refractivity contribution is 5.92. The van der Waals surface area contributed by atoms with Gasteiger partial charge in [0.1, 0.15) is 17.8 Å². The van der Waals surface area contributed by atoms with Crippen LogP contribution in [0.2, 0.25) is 0 Å². The van der Waals surface area contributed by atoms with E-state index in [1.165, 1.54) is 18.5 Å². The van der Waals surface area contributed by atoms with Crippen LogP contribution in [0.15, 0.2) is 42.9 Å². The van der Waals surface area contributed by atoms with Crippen LogP contribution in [0.1, 0.15) is 22.5 Å². The molecular formula is C20H22FN5O2. The highest BCUT2D eigenvalue weighted by atomic mass is 19.1. The van der Waals surface area contributed by atoms with Crippen molar-refractivity contribution in [3.8, 4) is 0 Å². The largest absolute Gasteiger partial charge is 0.336 e. The van der Waals surface area contributed by atoms with Gasteiger partial charge in [0.05, 0.1) is 6.04 Å². The first-order chi connectivity index (χ1) is 13.6. The summed E-state index contributed by atoms with van der Waals surface area (Å²) in [5.41, 5.74) is 1.29. The zero-order valence-corrected chi connectivity index (χ0v) is 15.5. The van der Waals surface area contributed by atoms with Crippen molar-refractivity contribution in [1.29, 1.82) is 0 Å². The Balaban J connectivity index is 1.42. The first-order valence-corrected chi connectivity index (χ1v) is 9.44. The minimum absolute atomic E-state index is 0.0758. The fourth-order valence-corrected chi connectivity index (χ4v) is 3.84. The molecule has 146 valence electrons. The molecule has 2 saturated heterocycles. The van der Waals surface area contributed by atoms with Gasteiger partial charge in [-0.05, 0) is 30.2 Å². The summed E-state index contributed by atoms with van der Waals surface area (Å²) in [6.45, 7) is 3.63. The molecule has 2 amide bonds. The fourth-order valence-electron chi connectivity index (χ4n) is 3.84. The SMILES string of the molecule is O=C(c1ccncn1)N1CCC2C(=O)N(Cc3ccc(F)cc3)CCN2CC1. The molecule has 2 aromatic rings. The molecule has 3 heterocycles. The van der Waals surface area contributed by atoms with E-state index in [0.29, 0.717) is 44.8 Å². The molecule has 1 atom stereocenters. The lowest BCUT2D eigenvalue weighted by molar-refractivity contribution is -0.142. The third kappa shape index (κ3) is 3.87. The fraction of sp³-hybridized carbons (Fsp3) is 0.400. The molecule has 1 aromatic heterocycles. The van der Waals surface area contributed by atoms with Crippen LogP contribution in [0.3, 0.4) is 0 Å². The van der Waals surface area contributed by atoms with Crippen molar-refractivity contribution in [3.63, 3.8) is 0 Å². The van der Waals surface area contributed by atoms with Crippen LogP contribution < -0.4 is 0 Å². The number of amides is 2. The minimum atomic E-state index is -0.280. The Hall–Kier alpha value is -2.87. The number of hydrogen-bond donors (Lipinski definition) is 0. The standard InChI is InChI=1S/C20H22FN5O2/c21-16-3-1-15(2-4-16)13-26-12-10-24-9-11-25(8-6-18(24)20(26)28)19(27)17-5-7-22-14-23-17/h1-5,7,14,18H,6,8-13H2. The molecule has 2 aliphatic rings. The first-order valence-electron chi connectivity index (χ1n) is 9.44. The maximum absolute atomic E-state index is 13.1. The lowest BCUT2D eigenvalue weighted by Crippen LogP contribution is -2.56. The van der Waals surface area contributed by atoms with Gasteiger partial charge in [0.2, 0.25) is 5.91 Å². The second-order valence-electron chi connectivity index (χ2n) is 7.11. The molecule has 7 nitrogen and oxygen atoms in total. The number of hydrogen-bond acceptors (Lipinski definition) is 5. The van der Waals surface area contributed by atoms with Gasteiger partial charge in [0.15, 0.2) is 0 Å². The van der Waals surface area contributed by atoms with E-state index in [-0.39, 0.29) is 23.7 Å². The van der Waals surface area contributed by atoms with Crippen LogP contribution in [0.4, 0.5) is 4.39 Å². The quantitative estimate of drug-likeness (QED) is 0.796. The number of carbonyl (C=O) groups is 2. The molecule has 28 heavy (non-hydrogen) atoms. The number of rotatable bonds is 3. The van der Waals surface area contributed by atoms with E-state index in [1.54, 1.807) is 29.3 Å². The van der Waals surface area contributed by atoms with Crippen LogP contribution in [-0.4, -0.2) is 75.2 Å². The molecule has 1 unspecified atom stereocenters. The van der Waals surface area contributed by atoms with Gasteiger partial charge in [-0.25, -0.2) is 14.4 Å². The summed E-state index contributed by atoms with van der Waals surface area (Å²) in [6.07, 6.45) is 3.51. The summed E-state index contributed by atoms with van der Waals surface area (Å²) in [7, 11) is 0. The molecule has 0 spiro atoms. The van der Waals surface area contributed by atoms with E-state index in [2.05, 4.69) is 14.9 Å². The molecule has 1 aromatic carbocycles. The molecule has 2 fully saturated rings. The van der Waals surface area contributed by atoms with Crippen molar-refractivity contribution in [1.82, 2.24) is 24.7 Å². The first kappa shape index (κ1) is 18.5.